The van der Waals surface area contributed by atoms with E-state index in [-0.39, 0.29) is 11.4 Å². The van der Waals surface area contributed by atoms with E-state index in [0.717, 1.165) is 6.07 Å². The van der Waals surface area contributed by atoms with E-state index in [1.54, 1.807) is 0 Å². The fourth-order valence-corrected chi connectivity index (χ4v) is 1.44. The number of alkyl halides is 3. The van der Waals surface area contributed by atoms with Gasteiger partial charge < -0.3 is 10.5 Å². The first-order valence-corrected chi connectivity index (χ1v) is 5.41. The van der Waals surface area contributed by atoms with Gasteiger partial charge in [-0.1, -0.05) is 0 Å². The predicted octanol–water partition coefficient (Wildman–Crippen LogP) is 2.40. The highest BCUT2D eigenvalue weighted by Gasteiger charge is 2.42. The summed E-state index contributed by atoms with van der Waals surface area (Å²) in [5, 5.41) is 17.4. The lowest BCUT2D eigenvalue weighted by Crippen LogP contribution is -2.39. The third-order valence-corrected chi connectivity index (χ3v) is 2.55. The zero-order chi connectivity index (χ0) is 15.5. The number of nitro benzene ring substituents is 1. The molecular formula is C11H12F3N3O3. The zero-order valence-electron chi connectivity index (χ0n) is 10.4. The molecule has 0 aliphatic carbocycles. The first-order valence-electron chi connectivity index (χ1n) is 5.41. The van der Waals surface area contributed by atoms with E-state index in [1.807, 2.05) is 0 Å². The third-order valence-electron chi connectivity index (χ3n) is 2.55. The van der Waals surface area contributed by atoms with Gasteiger partial charge in [-0.15, -0.1) is 0 Å². The summed E-state index contributed by atoms with van der Waals surface area (Å²) in [5.41, 5.74) is 5.02. The molecule has 1 aromatic carbocycles. The van der Waals surface area contributed by atoms with E-state index in [1.165, 1.54) is 19.1 Å². The first-order chi connectivity index (χ1) is 9.12. The molecule has 20 heavy (non-hydrogen) atoms. The lowest BCUT2D eigenvalue weighted by molar-refractivity contribution is -0.384. The van der Waals surface area contributed by atoms with Gasteiger partial charge in [0.05, 0.1) is 4.92 Å². The molecule has 0 aliphatic heterocycles. The minimum absolute atomic E-state index is 0.0751. The van der Waals surface area contributed by atoms with Gasteiger partial charge in [0.25, 0.3) is 5.69 Å². The SMILES string of the molecule is Cc1cc([N+](=O)[O-])ccc1OCC(C(=N)N)C(F)(F)F. The van der Waals surface area contributed by atoms with Crippen molar-refractivity contribution in [2.24, 2.45) is 11.7 Å². The van der Waals surface area contributed by atoms with Crippen LogP contribution in [0.1, 0.15) is 5.56 Å². The summed E-state index contributed by atoms with van der Waals surface area (Å²) >= 11 is 0. The molecule has 1 unspecified atom stereocenters. The van der Waals surface area contributed by atoms with Crippen molar-refractivity contribution in [3.8, 4) is 5.75 Å². The van der Waals surface area contributed by atoms with E-state index in [9.17, 15) is 23.3 Å². The quantitative estimate of drug-likeness (QED) is 0.376. The second kappa shape index (κ2) is 5.76. The molecule has 0 saturated carbocycles. The summed E-state index contributed by atoms with van der Waals surface area (Å²) in [6.07, 6.45) is -4.68. The van der Waals surface area contributed by atoms with Crippen LogP contribution in [0.25, 0.3) is 0 Å². The van der Waals surface area contributed by atoms with Crippen molar-refractivity contribution in [1.82, 2.24) is 0 Å². The molecule has 0 spiro atoms. The molecule has 0 radical (unpaired) electrons. The molecule has 0 amide bonds. The predicted molar refractivity (Wildman–Crippen MR) is 64.8 cm³/mol. The van der Waals surface area contributed by atoms with Crippen LogP contribution >= 0.6 is 0 Å². The minimum Gasteiger partial charge on any atom is -0.492 e. The van der Waals surface area contributed by atoms with Gasteiger partial charge in [-0.3, -0.25) is 15.5 Å². The van der Waals surface area contributed by atoms with Crippen molar-refractivity contribution in [2.45, 2.75) is 13.1 Å². The molecular weight excluding hydrogens is 279 g/mol. The summed E-state index contributed by atoms with van der Waals surface area (Å²) in [7, 11) is 0. The molecule has 0 aliphatic rings. The molecule has 0 aromatic heterocycles. The van der Waals surface area contributed by atoms with Crippen LogP contribution in [0.2, 0.25) is 0 Å². The molecule has 110 valence electrons. The molecule has 1 atom stereocenters. The molecule has 0 bridgehead atoms. The number of aryl methyl sites for hydroxylation is 1. The molecule has 6 nitrogen and oxygen atoms in total. The number of halogens is 3. The number of amidine groups is 1. The van der Waals surface area contributed by atoms with Crippen LogP contribution in [0.4, 0.5) is 18.9 Å². The van der Waals surface area contributed by atoms with Crippen LogP contribution < -0.4 is 10.5 Å². The number of hydrogen-bond donors (Lipinski definition) is 2. The van der Waals surface area contributed by atoms with E-state index in [4.69, 9.17) is 15.9 Å². The van der Waals surface area contributed by atoms with Crippen molar-refractivity contribution >= 4 is 11.5 Å². The molecule has 0 saturated heterocycles. The molecule has 3 N–H and O–H groups in total. The Kier molecular flexibility index (Phi) is 4.53. The Morgan fingerprint density at radius 3 is 2.55 bits per heavy atom. The van der Waals surface area contributed by atoms with Crippen molar-refractivity contribution in [2.75, 3.05) is 6.61 Å². The highest BCUT2D eigenvalue weighted by Crippen LogP contribution is 2.28. The normalized spacial score (nSPS) is 12.8. The van der Waals surface area contributed by atoms with Gasteiger partial charge in [0.2, 0.25) is 0 Å². The van der Waals surface area contributed by atoms with Gasteiger partial charge in [-0.2, -0.15) is 13.2 Å². The van der Waals surface area contributed by atoms with Crippen molar-refractivity contribution in [3.05, 3.63) is 33.9 Å². The van der Waals surface area contributed by atoms with Crippen molar-refractivity contribution in [1.29, 1.82) is 5.41 Å². The third kappa shape index (κ3) is 3.84. The average Bonchev–Trinajstić information content (AvgIpc) is 2.28. The van der Waals surface area contributed by atoms with E-state index in [2.05, 4.69) is 0 Å². The molecule has 1 rings (SSSR count). The summed E-state index contributed by atoms with van der Waals surface area (Å²) in [6.45, 7) is 0.621. The number of nitro groups is 1. The maximum Gasteiger partial charge on any atom is 0.401 e. The van der Waals surface area contributed by atoms with Crippen LogP contribution in [0.5, 0.6) is 5.75 Å². The summed E-state index contributed by atoms with van der Waals surface area (Å²) in [4.78, 5) is 9.90. The van der Waals surface area contributed by atoms with Crippen LogP contribution in [0, 0.1) is 28.4 Å². The van der Waals surface area contributed by atoms with Gasteiger partial charge in [-0.05, 0) is 18.6 Å². The summed E-state index contributed by atoms with van der Waals surface area (Å²) in [5.74, 6) is -3.18. The maximum absolute atomic E-state index is 12.6. The highest BCUT2D eigenvalue weighted by molar-refractivity contribution is 5.80. The zero-order valence-corrected chi connectivity index (χ0v) is 10.4. The largest absolute Gasteiger partial charge is 0.492 e. The van der Waals surface area contributed by atoms with E-state index < -0.39 is 29.5 Å². The Bertz CT molecular complexity index is 531. The lowest BCUT2D eigenvalue weighted by Gasteiger charge is -2.19. The Labute approximate surface area is 112 Å². The van der Waals surface area contributed by atoms with Gasteiger partial charge in [0, 0.05) is 12.1 Å². The average molecular weight is 291 g/mol. The maximum atomic E-state index is 12.6. The van der Waals surface area contributed by atoms with E-state index in [0.29, 0.717) is 5.56 Å². The number of benzene rings is 1. The number of non-ortho nitro benzene ring substituents is 1. The molecule has 9 heteroatoms. The Morgan fingerprint density at radius 2 is 2.15 bits per heavy atom. The summed E-state index contributed by atoms with van der Waals surface area (Å²) in [6, 6.07) is 3.52. The highest BCUT2D eigenvalue weighted by atomic mass is 19.4. The number of ether oxygens (including phenoxy) is 1. The van der Waals surface area contributed by atoms with Crippen LogP contribution in [0.15, 0.2) is 18.2 Å². The van der Waals surface area contributed by atoms with Gasteiger partial charge >= 0.3 is 6.18 Å². The monoisotopic (exact) mass is 291 g/mol. The fraction of sp³-hybridized carbons (Fsp3) is 0.364. The lowest BCUT2D eigenvalue weighted by atomic mass is 10.1. The second-order valence-corrected chi connectivity index (χ2v) is 4.07. The topological polar surface area (TPSA) is 102 Å². The fourth-order valence-electron chi connectivity index (χ4n) is 1.44. The van der Waals surface area contributed by atoms with Crippen LogP contribution in [-0.2, 0) is 0 Å². The Balaban J connectivity index is 2.84. The second-order valence-electron chi connectivity index (χ2n) is 4.07. The van der Waals surface area contributed by atoms with Gasteiger partial charge in [-0.25, -0.2) is 0 Å². The number of nitrogens with one attached hydrogen (secondary N) is 1. The smallest absolute Gasteiger partial charge is 0.401 e. The van der Waals surface area contributed by atoms with E-state index >= 15 is 0 Å². The van der Waals surface area contributed by atoms with Gasteiger partial charge in [0.1, 0.15) is 24.1 Å². The minimum atomic E-state index is -4.68. The molecule has 0 heterocycles. The first kappa shape index (κ1) is 15.7. The summed E-state index contributed by atoms with van der Waals surface area (Å²) < 4.78 is 42.6. The Hall–Kier alpha value is -2.32. The number of nitrogens with zero attached hydrogens (tertiary/aromatic N) is 1. The molecule has 0 fully saturated rings. The van der Waals surface area contributed by atoms with Crippen molar-refractivity contribution < 1.29 is 22.8 Å². The standard InChI is InChI=1S/C11H12F3N3O3/c1-6-4-7(17(18)19)2-3-9(6)20-5-8(10(15)16)11(12,13)14/h2-4,8H,5H2,1H3,(H3,15,16). The van der Waals surface area contributed by atoms with Crippen LogP contribution in [0.3, 0.4) is 0 Å². The Morgan fingerprint density at radius 1 is 1.55 bits per heavy atom. The number of nitrogens with two attached hydrogens (primary N) is 1. The van der Waals surface area contributed by atoms with Gasteiger partial charge in [0.15, 0.2) is 0 Å². The van der Waals surface area contributed by atoms with Crippen LogP contribution in [-0.4, -0.2) is 23.5 Å². The molecule has 1 aromatic rings. The van der Waals surface area contributed by atoms with Crippen molar-refractivity contribution in [3.63, 3.8) is 0 Å². The number of hydrogen-bond acceptors (Lipinski definition) is 4. The number of rotatable bonds is 5.